The molecule has 2 aromatic rings. The second-order valence-corrected chi connectivity index (χ2v) is 8.60. The Labute approximate surface area is 123 Å². The van der Waals surface area contributed by atoms with Gasteiger partial charge in [-0.05, 0) is 31.5 Å². The summed E-state index contributed by atoms with van der Waals surface area (Å²) in [5, 5.41) is 0. The number of hydrogen-bond donors (Lipinski definition) is 0. The van der Waals surface area contributed by atoms with Crippen LogP contribution in [0.2, 0.25) is 4.34 Å². The second-order valence-electron chi connectivity index (χ2n) is 4.73. The smallest absolute Gasteiger partial charge is 0.159 e. The van der Waals surface area contributed by atoms with Crippen molar-refractivity contribution in [3.63, 3.8) is 0 Å². The number of rotatable bonds is 4. The Bertz CT molecular complexity index is 667. The summed E-state index contributed by atoms with van der Waals surface area (Å²) in [4.78, 5) is 0.786. The molecule has 0 aliphatic carbocycles. The molecule has 0 aliphatic rings. The molecule has 0 radical (unpaired) electrons. The van der Waals surface area contributed by atoms with Gasteiger partial charge in [-0.2, -0.15) is 0 Å². The Morgan fingerprint density at radius 2 is 1.68 bits per heavy atom. The van der Waals surface area contributed by atoms with Gasteiger partial charge in [0.1, 0.15) is 0 Å². The normalized spacial score (nSPS) is 11.7. The first-order chi connectivity index (χ1) is 8.84. The molecule has 0 aliphatic heterocycles. The summed E-state index contributed by atoms with van der Waals surface area (Å²) in [6.45, 7) is 3.95. The Hall–Kier alpha value is -0.840. The molecule has 0 fully saturated rings. The highest BCUT2D eigenvalue weighted by Gasteiger charge is 2.15. The molecule has 0 saturated heterocycles. The second kappa shape index (κ2) is 5.65. The molecular formula is C14H15ClO2S2. The van der Waals surface area contributed by atoms with Crippen LogP contribution < -0.4 is 0 Å². The maximum absolute atomic E-state index is 12.2. The van der Waals surface area contributed by atoms with Gasteiger partial charge in [0.25, 0.3) is 0 Å². The fraction of sp³-hybridized carbons (Fsp3) is 0.286. The van der Waals surface area contributed by atoms with Crippen molar-refractivity contribution in [2.75, 3.05) is 0 Å². The molecule has 0 unspecified atom stereocenters. The average molecular weight is 315 g/mol. The summed E-state index contributed by atoms with van der Waals surface area (Å²) in [6, 6.07) is 9.38. The maximum Gasteiger partial charge on any atom is 0.159 e. The Balaban J connectivity index is 2.16. The van der Waals surface area contributed by atoms with Crippen LogP contribution in [0.1, 0.15) is 21.6 Å². The van der Waals surface area contributed by atoms with Crippen molar-refractivity contribution in [2.45, 2.75) is 25.4 Å². The van der Waals surface area contributed by atoms with Gasteiger partial charge in [0, 0.05) is 4.88 Å². The van der Waals surface area contributed by atoms with Gasteiger partial charge < -0.3 is 0 Å². The monoisotopic (exact) mass is 314 g/mol. The van der Waals surface area contributed by atoms with E-state index in [1.165, 1.54) is 11.3 Å². The molecule has 1 heterocycles. The Morgan fingerprint density at radius 3 is 2.21 bits per heavy atom. The van der Waals surface area contributed by atoms with E-state index in [0.29, 0.717) is 4.34 Å². The summed E-state index contributed by atoms with van der Waals surface area (Å²) in [7, 11) is -3.16. The summed E-state index contributed by atoms with van der Waals surface area (Å²) in [5.74, 6) is 0.127. The number of hydrogen-bond acceptors (Lipinski definition) is 3. The van der Waals surface area contributed by atoms with Crippen LogP contribution in [-0.2, 0) is 21.3 Å². The average Bonchev–Trinajstić information content (AvgIpc) is 2.60. The molecule has 0 atom stereocenters. The van der Waals surface area contributed by atoms with E-state index >= 15 is 0 Å². The van der Waals surface area contributed by atoms with Gasteiger partial charge in [0.15, 0.2) is 9.84 Å². The third kappa shape index (κ3) is 4.34. The van der Waals surface area contributed by atoms with Gasteiger partial charge in [-0.1, -0.05) is 40.9 Å². The maximum atomic E-state index is 12.2. The van der Waals surface area contributed by atoms with Gasteiger partial charge in [0.05, 0.1) is 15.8 Å². The minimum Gasteiger partial charge on any atom is -0.228 e. The summed E-state index contributed by atoms with van der Waals surface area (Å²) >= 11 is 7.13. The molecule has 19 heavy (non-hydrogen) atoms. The van der Waals surface area contributed by atoms with Gasteiger partial charge in [-0.3, -0.25) is 0 Å². The van der Waals surface area contributed by atoms with E-state index in [1.807, 2.05) is 32.0 Å². The van der Waals surface area contributed by atoms with E-state index in [0.717, 1.165) is 21.6 Å². The molecule has 1 aromatic heterocycles. The largest absolute Gasteiger partial charge is 0.228 e. The lowest BCUT2D eigenvalue weighted by Gasteiger charge is -2.06. The van der Waals surface area contributed by atoms with E-state index in [4.69, 9.17) is 11.6 Å². The van der Waals surface area contributed by atoms with Crippen molar-refractivity contribution in [1.29, 1.82) is 0 Å². The number of halogens is 1. The van der Waals surface area contributed by atoms with E-state index in [2.05, 4.69) is 0 Å². The van der Waals surface area contributed by atoms with Crippen LogP contribution in [0.3, 0.4) is 0 Å². The first-order valence-corrected chi connectivity index (χ1v) is 8.87. The number of benzene rings is 1. The van der Waals surface area contributed by atoms with Crippen LogP contribution in [0, 0.1) is 13.8 Å². The van der Waals surface area contributed by atoms with Crippen LogP contribution in [0.15, 0.2) is 30.3 Å². The minimum absolute atomic E-state index is 0.0530. The van der Waals surface area contributed by atoms with Gasteiger partial charge in [-0.25, -0.2) is 8.42 Å². The van der Waals surface area contributed by atoms with Crippen molar-refractivity contribution in [2.24, 2.45) is 0 Å². The lowest BCUT2D eigenvalue weighted by Crippen LogP contribution is -2.07. The highest BCUT2D eigenvalue weighted by Crippen LogP contribution is 2.24. The minimum atomic E-state index is -3.16. The first kappa shape index (κ1) is 14.6. The summed E-state index contributed by atoms with van der Waals surface area (Å²) < 4.78 is 25.0. The predicted molar refractivity (Wildman–Crippen MR) is 81.6 cm³/mol. The summed E-state index contributed by atoms with van der Waals surface area (Å²) in [6.07, 6.45) is 0. The fourth-order valence-electron chi connectivity index (χ4n) is 2.10. The molecular weight excluding hydrogens is 300 g/mol. The third-order valence-corrected chi connectivity index (χ3v) is 5.60. The van der Waals surface area contributed by atoms with Gasteiger partial charge in [0.2, 0.25) is 0 Å². The van der Waals surface area contributed by atoms with Gasteiger partial charge in [-0.15, -0.1) is 11.3 Å². The highest BCUT2D eigenvalue weighted by molar-refractivity contribution is 7.90. The van der Waals surface area contributed by atoms with E-state index in [-0.39, 0.29) is 11.5 Å². The van der Waals surface area contributed by atoms with Crippen molar-refractivity contribution >= 4 is 32.8 Å². The standard InChI is InChI=1S/C14H15ClO2S2/c1-10-5-11(2)7-12(6-10)8-19(16,17)9-13-3-4-14(15)18-13/h3-7H,8-9H2,1-2H3. The molecule has 2 nitrogen and oxygen atoms in total. The Morgan fingerprint density at radius 1 is 1.05 bits per heavy atom. The zero-order chi connectivity index (χ0) is 14.0. The van der Waals surface area contributed by atoms with E-state index in [1.54, 1.807) is 12.1 Å². The fourth-order valence-corrected chi connectivity index (χ4v) is 5.07. The van der Waals surface area contributed by atoms with Crippen molar-refractivity contribution < 1.29 is 8.42 Å². The Kier molecular flexibility index (Phi) is 4.33. The molecule has 2 rings (SSSR count). The molecule has 0 N–H and O–H groups in total. The third-order valence-electron chi connectivity index (χ3n) is 2.66. The summed E-state index contributed by atoms with van der Waals surface area (Å²) in [5.41, 5.74) is 3.02. The topological polar surface area (TPSA) is 34.1 Å². The number of thiophene rings is 1. The molecule has 1 aromatic carbocycles. The van der Waals surface area contributed by atoms with Crippen molar-refractivity contribution in [3.05, 3.63) is 56.2 Å². The van der Waals surface area contributed by atoms with Crippen molar-refractivity contribution in [3.8, 4) is 0 Å². The van der Waals surface area contributed by atoms with Gasteiger partial charge >= 0.3 is 0 Å². The molecule has 102 valence electrons. The van der Waals surface area contributed by atoms with Crippen LogP contribution in [-0.4, -0.2) is 8.42 Å². The lowest BCUT2D eigenvalue weighted by molar-refractivity contribution is 0.595. The van der Waals surface area contributed by atoms with Crippen LogP contribution in [0.4, 0.5) is 0 Å². The zero-order valence-corrected chi connectivity index (χ0v) is 13.2. The van der Waals surface area contributed by atoms with Crippen LogP contribution >= 0.6 is 22.9 Å². The van der Waals surface area contributed by atoms with Crippen LogP contribution in [0.5, 0.6) is 0 Å². The first-order valence-electron chi connectivity index (χ1n) is 5.86. The molecule has 0 spiro atoms. The number of aryl methyl sites for hydroxylation is 2. The molecule has 0 saturated carbocycles. The lowest BCUT2D eigenvalue weighted by atomic mass is 10.1. The van der Waals surface area contributed by atoms with Crippen molar-refractivity contribution in [1.82, 2.24) is 0 Å². The quantitative estimate of drug-likeness (QED) is 0.850. The molecule has 5 heteroatoms. The zero-order valence-electron chi connectivity index (χ0n) is 10.8. The SMILES string of the molecule is Cc1cc(C)cc(CS(=O)(=O)Cc2ccc(Cl)s2)c1. The number of sulfone groups is 1. The van der Waals surface area contributed by atoms with E-state index < -0.39 is 9.84 Å². The van der Waals surface area contributed by atoms with E-state index in [9.17, 15) is 8.42 Å². The predicted octanol–water partition coefficient (Wildman–Crippen LogP) is 4.13. The van der Waals surface area contributed by atoms with Crippen LogP contribution in [0.25, 0.3) is 0 Å². The molecule has 0 bridgehead atoms. The molecule has 0 amide bonds. The highest BCUT2D eigenvalue weighted by atomic mass is 35.5.